The molecule has 2 aliphatic rings. The number of nitrogens with one attached hydrogen (secondary N) is 1. The number of rotatable bonds is 4. The number of aryl methyl sites for hydroxylation is 2. The Morgan fingerprint density at radius 3 is 1.77 bits per heavy atom. The van der Waals surface area contributed by atoms with Crippen molar-refractivity contribution in [2.24, 2.45) is 0 Å². The molecular formula is C42H33N. The van der Waals surface area contributed by atoms with Crippen molar-refractivity contribution in [3.8, 4) is 22.3 Å². The second-order valence-electron chi connectivity index (χ2n) is 11.8. The first-order valence-corrected chi connectivity index (χ1v) is 15.3. The fourth-order valence-electron chi connectivity index (χ4n) is 6.89. The predicted molar refractivity (Wildman–Crippen MR) is 185 cm³/mol. The van der Waals surface area contributed by atoms with Crippen LogP contribution in [0.25, 0.3) is 61.0 Å². The summed E-state index contributed by atoms with van der Waals surface area (Å²) < 4.78 is 0. The monoisotopic (exact) mass is 551 g/mol. The van der Waals surface area contributed by atoms with Crippen molar-refractivity contribution in [2.45, 2.75) is 19.8 Å². The zero-order valence-electron chi connectivity index (χ0n) is 24.4. The molecule has 0 spiro atoms. The van der Waals surface area contributed by atoms with E-state index < -0.39 is 0 Å². The molecule has 206 valence electrons. The lowest BCUT2D eigenvalue weighted by Gasteiger charge is -2.21. The average Bonchev–Trinajstić information content (AvgIpc) is 3.08. The molecule has 6 aromatic carbocycles. The Kier molecular flexibility index (Phi) is 6.30. The largest absolute Gasteiger partial charge is 0.387 e. The maximum atomic E-state index is 3.23. The first kappa shape index (κ1) is 25.6. The number of hydrogen-bond donors (Lipinski definition) is 1. The highest BCUT2D eigenvalue weighted by atomic mass is 14.8. The highest BCUT2D eigenvalue weighted by molar-refractivity contribution is 6.21. The van der Waals surface area contributed by atoms with Gasteiger partial charge in [-0.2, -0.15) is 0 Å². The minimum absolute atomic E-state index is 0.889. The van der Waals surface area contributed by atoms with E-state index in [0.29, 0.717) is 0 Å². The van der Waals surface area contributed by atoms with Crippen molar-refractivity contribution in [3.05, 3.63) is 161 Å². The van der Waals surface area contributed by atoms with Crippen LogP contribution in [-0.2, 0) is 6.42 Å². The molecule has 1 heterocycles. The third-order valence-electron chi connectivity index (χ3n) is 9.11. The molecule has 0 aromatic heterocycles. The minimum Gasteiger partial charge on any atom is -0.387 e. The third-order valence-corrected chi connectivity index (χ3v) is 9.11. The van der Waals surface area contributed by atoms with Crippen molar-refractivity contribution in [1.29, 1.82) is 0 Å². The van der Waals surface area contributed by atoms with E-state index in [1.54, 1.807) is 0 Å². The highest BCUT2D eigenvalue weighted by Gasteiger charge is 2.18. The van der Waals surface area contributed by atoms with Crippen LogP contribution in [0.5, 0.6) is 0 Å². The molecule has 0 bridgehead atoms. The molecule has 0 radical (unpaired) electrons. The van der Waals surface area contributed by atoms with Gasteiger partial charge >= 0.3 is 0 Å². The summed E-state index contributed by atoms with van der Waals surface area (Å²) in [5.74, 6) is 0. The van der Waals surface area contributed by atoms with Crippen LogP contribution < -0.4 is 5.32 Å². The molecule has 0 atom stereocenters. The van der Waals surface area contributed by atoms with E-state index in [1.807, 2.05) is 6.20 Å². The van der Waals surface area contributed by atoms with Gasteiger partial charge in [0.05, 0.1) is 0 Å². The van der Waals surface area contributed by atoms with Gasteiger partial charge in [0.1, 0.15) is 0 Å². The molecule has 43 heavy (non-hydrogen) atoms. The van der Waals surface area contributed by atoms with Crippen molar-refractivity contribution in [1.82, 2.24) is 5.32 Å². The van der Waals surface area contributed by atoms with Crippen molar-refractivity contribution in [3.63, 3.8) is 0 Å². The van der Waals surface area contributed by atoms with Gasteiger partial charge in [-0.15, -0.1) is 0 Å². The van der Waals surface area contributed by atoms with Gasteiger partial charge in [-0.3, -0.25) is 0 Å². The molecule has 1 aliphatic carbocycles. The SMILES string of the molecule is Cc1ccc(-c2c3ccccc3c(-c3ccc4c(c3)CCC(c3ccc(C5=CCNC=C5)cc3)=C4)c3ccccc23)cc1. The van der Waals surface area contributed by atoms with E-state index in [0.717, 1.165) is 19.4 Å². The number of fused-ring (bicyclic) bond motifs is 3. The molecule has 0 amide bonds. The summed E-state index contributed by atoms with van der Waals surface area (Å²) in [5, 5.41) is 8.46. The summed E-state index contributed by atoms with van der Waals surface area (Å²) in [4.78, 5) is 0. The lowest BCUT2D eigenvalue weighted by Crippen LogP contribution is -2.08. The summed E-state index contributed by atoms with van der Waals surface area (Å²) in [7, 11) is 0. The third kappa shape index (κ3) is 4.58. The molecule has 1 N–H and O–H groups in total. The summed E-state index contributed by atoms with van der Waals surface area (Å²) in [5.41, 5.74) is 14.6. The average molecular weight is 552 g/mol. The normalized spacial score (nSPS) is 14.3. The second kappa shape index (κ2) is 10.6. The maximum absolute atomic E-state index is 3.23. The zero-order chi connectivity index (χ0) is 28.8. The van der Waals surface area contributed by atoms with Gasteiger partial charge in [0, 0.05) is 6.54 Å². The van der Waals surface area contributed by atoms with Gasteiger partial charge in [0.15, 0.2) is 0 Å². The zero-order valence-corrected chi connectivity index (χ0v) is 24.4. The topological polar surface area (TPSA) is 12.0 Å². The van der Waals surface area contributed by atoms with Gasteiger partial charge < -0.3 is 5.32 Å². The molecule has 0 saturated carbocycles. The van der Waals surface area contributed by atoms with E-state index in [4.69, 9.17) is 0 Å². The molecule has 0 saturated heterocycles. The smallest absolute Gasteiger partial charge is 0.0334 e. The molecule has 1 nitrogen and oxygen atoms in total. The van der Waals surface area contributed by atoms with E-state index in [1.165, 1.54) is 82.8 Å². The highest BCUT2D eigenvalue weighted by Crippen LogP contribution is 2.44. The first-order valence-electron chi connectivity index (χ1n) is 15.3. The van der Waals surface area contributed by atoms with Crippen LogP contribution in [0.2, 0.25) is 0 Å². The summed E-state index contributed by atoms with van der Waals surface area (Å²) >= 11 is 0. The Labute approximate surface area is 253 Å². The minimum atomic E-state index is 0.889. The molecule has 0 unspecified atom stereocenters. The molecule has 1 aliphatic heterocycles. The van der Waals surface area contributed by atoms with Crippen LogP contribution in [0.3, 0.4) is 0 Å². The Hall–Kier alpha value is -5.14. The van der Waals surface area contributed by atoms with Crippen molar-refractivity contribution >= 4 is 38.8 Å². The van der Waals surface area contributed by atoms with Crippen LogP contribution in [0, 0.1) is 6.92 Å². The number of hydrogen-bond acceptors (Lipinski definition) is 1. The molecular weight excluding hydrogens is 518 g/mol. The van der Waals surface area contributed by atoms with Gasteiger partial charge in [-0.25, -0.2) is 0 Å². The molecule has 1 heteroatoms. The van der Waals surface area contributed by atoms with Crippen LogP contribution in [0.4, 0.5) is 0 Å². The van der Waals surface area contributed by atoms with Crippen LogP contribution in [0.15, 0.2) is 134 Å². The standard InChI is InChI=1S/C42H33N/c1-28-10-12-32(13-11-28)41-37-6-2-4-8-39(37)42(40-9-5-3-7-38(40)41)36-21-20-34-26-33(18-19-35(34)27-36)30-16-14-29(15-17-30)31-22-24-43-25-23-31/h2-17,20-24,26-27,43H,18-19,25H2,1H3. The van der Waals surface area contributed by atoms with Gasteiger partial charge in [-0.05, 0) is 109 Å². The lowest BCUT2D eigenvalue weighted by molar-refractivity contribution is 0.975. The quantitative estimate of drug-likeness (QED) is 0.215. The van der Waals surface area contributed by atoms with E-state index in [9.17, 15) is 0 Å². The van der Waals surface area contributed by atoms with Gasteiger partial charge in [0.25, 0.3) is 0 Å². The van der Waals surface area contributed by atoms with Crippen LogP contribution >= 0.6 is 0 Å². The van der Waals surface area contributed by atoms with Crippen LogP contribution in [0.1, 0.15) is 34.2 Å². The molecule has 8 rings (SSSR count). The van der Waals surface area contributed by atoms with Crippen molar-refractivity contribution in [2.75, 3.05) is 6.54 Å². The molecule has 6 aromatic rings. The first-order chi connectivity index (χ1) is 21.2. The Bertz CT molecular complexity index is 2050. The maximum Gasteiger partial charge on any atom is 0.0334 e. The van der Waals surface area contributed by atoms with E-state index in [-0.39, 0.29) is 0 Å². The summed E-state index contributed by atoms with van der Waals surface area (Å²) in [6.07, 6.45) is 10.9. The van der Waals surface area contributed by atoms with E-state index in [2.05, 4.69) is 146 Å². The second-order valence-corrected chi connectivity index (χ2v) is 11.8. The predicted octanol–water partition coefficient (Wildman–Crippen LogP) is 10.6. The van der Waals surface area contributed by atoms with E-state index >= 15 is 0 Å². The Balaban J connectivity index is 1.22. The van der Waals surface area contributed by atoms with Gasteiger partial charge in [-0.1, -0.05) is 133 Å². The fraction of sp³-hybridized carbons (Fsp3) is 0.0952. The summed E-state index contributed by atoms with van der Waals surface area (Å²) in [6.45, 7) is 3.04. The number of benzene rings is 6. The van der Waals surface area contributed by atoms with Crippen molar-refractivity contribution < 1.29 is 0 Å². The number of allylic oxidation sites excluding steroid dienone is 3. The number of dihydropyridines is 1. The van der Waals surface area contributed by atoms with Crippen LogP contribution in [-0.4, -0.2) is 6.54 Å². The fourth-order valence-corrected chi connectivity index (χ4v) is 6.89. The lowest BCUT2D eigenvalue weighted by atomic mass is 9.83. The Morgan fingerprint density at radius 1 is 0.558 bits per heavy atom. The summed E-state index contributed by atoms with van der Waals surface area (Å²) in [6, 6.07) is 43.0. The molecule has 0 fully saturated rings. The Morgan fingerprint density at radius 2 is 1.14 bits per heavy atom. The van der Waals surface area contributed by atoms with Gasteiger partial charge in [0.2, 0.25) is 0 Å².